The Hall–Kier alpha value is -4.22. The first-order chi connectivity index (χ1) is 25.1. The maximum atomic E-state index is 14.4. The van der Waals surface area contributed by atoms with Crippen molar-refractivity contribution < 1.29 is 46.6 Å². The second-order valence-electron chi connectivity index (χ2n) is 15.4. The van der Waals surface area contributed by atoms with Gasteiger partial charge in [0.2, 0.25) is 11.8 Å². The highest BCUT2D eigenvalue weighted by Gasteiger charge is 2.62. The molecule has 1 aromatic rings. The van der Waals surface area contributed by atoms with Crippen molar-refractivity contribution in [3.63, 3.8) is 0 Å². The van der Waals surface area contributed by atoms with E-state index in [2.05, 4.69) is 15.4 Å². The number of carbonyl (C=O) groups is 5. The lowest BCUT2D eigenvalue weighted by molar-refractivity contribution is -0.141. The van der Waals surface area contributed by atoms with Crippen LogP contribution >= 0.6 is 0 Å². The van der Waals surface area contributed by atoms with Gasteiger partial charge in [0.25, 0.3) is 5.91 Å². The second kappa shape index (κ2) is 15.6. The van der Waals surface area contributed by atoms with E-state index in [9.17, 15) is 32.4 Å². The van der Waals surface area contributed by atoms with Crippen molar-refractivity contribution in [3.8, 4) is 0 Å². The van der Waals surface area contributed by atoms with Crippen molar-refractivity contribution in [2.75, 3.05) is 32.8 Å². The molecule has 0 aromatic heterocycles. The van der Waals surface area contributed by atoms with Crippen LogP contribution in [-0.4, -0.2) is 115 Å². The van der Waals surface area contributed by atoms with Crippen LogP contribution in [0.5, 0.6) is 0 Å². The fourth-order valence-corrected chi connectivity index (χ4v) is 8.53. The molecule has 4 heterocycles. The molecule has 0 bridgehead atoms. The normalized spacial score (nSPS) is 29.0. The third-order valence-electron chi connectivity index (χ3n) is 10.2. The van der Waals surface area contributed by atoms with Gasteiger partial charge in [-0.15, -0.1) is 0 Å². The minimum Gasteiger partial charge on any atom is -0.444 e. The highest BCUT2D eigenvalue weighted by Crippen LogP contribution is 2.46. The van der Waals surface area contributed by atoms with Crippen LogP contribution in [-0.2, 0) is 51.9 Å². The number of ether oxygens (including phenoxy) is 3. The molecule has 5 aliphatic rings. The van der Waals surface area contributed by atoms with E-state index in [-0.39, 0.29) is 52.1 Å². The van der Waals surface area contributed by atoms with Crippen molar-refractivity contribution in [2.45, 2.75) is 108 Å². The summed E-state index contributed by atoms with van der Waals surface area (Å²) in [5.74, 6) is -2.63. The van der Waals surface area contributed by atoms with Crippen LogP contribution in [0.2, 0.25) is 0 Å². The summed E-state index contributed by atoms with van der Waals surface area (Å²) in [4.78, 5) is 71.6. The Bertz CT molecular complexity index is 1700. The molecule has 1 aliphatic carbocycles. The van der Waals surface area contributed by atoms with Gasteiger partial charge in [-0.1, -0.05) is 49.3 Å². The van der Waals surface area contributed by atoms with Crippen LogP contribution in [0.3, 0.4) is 0 Å². The fourth-order valence-electron chi connectivity index (χ4n) is 7.35. The van der Waals surface area contributed by atoms with Gasteiger partial charge < -0.3 is 29.7 Å². The molecule has 0 unspecified atom stereocenters. The number of fused-ring (bicyclic) bond motifs is 3. The van der Waals surface area contributed by atoms with Gasteiger partial charge in [-0.2, -0.15) is 12.7 Å². The number of alkyl carbamates (subject to hydrolysis) is 1. The number of morpholine rings is 1. The van der Waals surface area contributed by atoms with Crippen molar-refractivity contribution in [1.29, 1.82) is 0 Å². The molecular formula is C36H50N6O10S. The summed E-state index contributed by atoms with van der Waals surface area (Å²) < 4.78 is 46.3. The van der Waals surface area contributed by atoms with E-state index in [1.54, 1.807) is 25.7 Å². The van der Waals surface area contributed by atoms with Crippen molar-refractivity contribution in [1.82, 2.24) is 29.5 Å². The molecule has 0 radical (unpaired) electrons. The van der Waals surface area contributed by atoms with E-state index in [1.807, 2.05) is 36.4 Å². The summed E-state index contributed by atoms with van der Waals surface area (Å²) >= 11 is 0. The predicted octanol–water partition coefficient (Wildman–Crippen LogP) is 2.09. The molecule has 53 heavy (non-hydrogen) atoms. The molecule has 16 nitrogen and oxygen atoms in total. The predicted molar refractivity (Wildman–Crippen MR) is 190 cm³/mol. The monoisotopic (exact) mass is 758 g/mol. The van der Waals surface area contributed by atoms with E-state index in [0.29, 0.717) is 25.9 Å². The number of hydrogen-bond acceptors (Lipinski definition) is 10. The van der Waals surface area contributed by atoms with E-state index in [4.69, 9.17) is 14.2 Å². The summed E-state index contributed by atoms with van der Waals surface area (Å²) in [5.41, 5.74) is -0.413. The zero-order valence-electron chi connectivity index (χ0n) is 30.5. The summed E-state index contributed by atoms with van der Waals surface area (Å²) in [6.07, 6.45) is 4.57. The van der Waals surface area contributed by atoms with Gasteiger partial charge in [0.15, 0.2) is 0 Å². The SMILES string of the molecule is CC(C)(C)OC(=O)N[C@H]1CCCCC/C=C/[C@@H]2C[C@@]2(C(=O)NS(=O)(=O)N2CCOCC2)NC(=O)[C@@H]2C[C@@H](OC(=O)N3Cc4ccccc4C3)CN2C1=O. The molecule has 4 aliphatic heterocycles. The maximum Gasteiger partial charge on any atom is 0.410 e. The average Bonchev–Trinajstić information content (AvgIpc) is 3.40. The summed E-state index contributed by atoms with van der Waals surface area (Å²) in [6.45, 7) is 6.23. The minimum absolute atomic E-state index is 0.0759. The first-order valence-corrected chi connectivity index (χ1v) is 19.8. The van der Waals surface area contributed by atoms with E-state index < -0.39 is 75.4 Å². The van der Waals surface area contributed by atoms with Crippen LogP contribution < -0.4 is 15.4 Å². The third kappa shape index (κ3) is 9.12. The number of hydrogen-bond donors (Lipinski definition) is 3. The standard InChI is InChI=1S/C36H50N6O10S/c1-35(2,3)52-33(46)37-28-14-8-6-4-5-7-13-26-20-36(26,32(45)39-53(48,49)41-15-17-50-18-16-41)38-30(43)29-19-27(23-42(29)31(28)44)51-34(47)40-21-24-11-9-10-12-25(24)22-40/h7,9-13,26-29H,4-6,8,14-23H2,1-3H3,(H,37,46)(H,38,43)(H,39,45)/b13-7+/t26-,27-,28+,29+,36-/m1/s1. The van der Waals surface area contributed by atoms with Crippen LogP contribution in [0.1, 0.15) is 76.8 Å². The van der Waals surface area contributed by atoms with Crippen molar-refractivity contribution in [3.05, 3.63) is 47.5 Å². The smallest absolute Gasteiger partial charge is 0.410 e. The number of allylic oxidation sites excluding steroid dienone is 1. The van der Waals surface area contributed by atoms with Crippen LogP contribution in [0.25, 0.3) is 0 Å². The van der Waals surface area contributed by atoms with Crippen LogP contribution in [0.4, 0.5) is 9.59 Å². The zero-order valence-corrected chi connectivity index (χ0v) is 31.3. The third-order valence-corrected chi connectivity index (χ3v) is 11.7. The van der Waals surface area contributed by atoms with Crippen LogP contribution in [0.15, 0.2) is 36.4 Å². The number of amides is 5. The number of nitrogens with zero attached hydrogens (tertiary/aromatic N) is 3. The number of benzene rings is 1. The van der Waals surface area contributed by atoms with Gasteiger partial charge in [-0.05, 0) is 57.6 Å². The average molecular weight is 759 g/mol. The Labute approximate surface area is 310 Å². The molecular weight excluding hydrogens is 708 g/mol. The van der Waals surface area contributed by atoms with E-state index >= 15 is 0 Å². The molecule has 0 spiro atoms. The lowest BCUT2D eigenvalue weighted by atomic mass is 10.0. The molecule has 3 fully saturated rings. The first kappa shape index (κ1) is 38.5. The summed E-state index contributed by atoms with van der Waals surface area (Å²) in [7, 11) is -4.24. The van der Waals surface area contributed by atoms with Gasteiger partial charge in [0.05, 0.1) is 19.8 Å². The highest BCUT2D eigenvalue weighted by molar-refractivity contribution is 7.87. The van der Waals surface area contributed by atoms with Crippen LogP contribution in [0, 0.1) is 5.92 Å². The van der Waals surface area contributed by atoms with Gasteiger partial charge in [0, 0.05) is 38.5 Å². The first-order valence-electron chi connectivity index (χ1n) is 18.4. The number of rotatable bonds is 5. The summed E-state index contributed by atoms with van der Waals surface area (Å²) in [6, 6.07) is 5.42. The number of carbonyl (C=O) groups excluding carboxylic acids is 5. The Morgan fingerprint density at radius 3 is 2.40 bits per heavy atom. The number of nitrogens with one attached hydrogen (secondary N) is 3. The molecule has 5 atom stereocenters. The Morgan fingerprint density at radius 2 is 1.72 bits per heavy atom. The topological polar surface area (TPSA) is 193 Å². The lowest BCUT2D eigenvalue weighted by Crippen LogP contribution is -2.59. The van der Waals surface area contributed by atoms with E-state index in [0.717, 1.165) is 28.3 Å². The maximum absolute atomic E-state index is 14.4. The molecule has 2 saturated heterocycles. The minimum atomic E-state index is -4.24. The van der Waals surface area contributed by atoms with Gasteiger partial charge in [-0.3, -0.25) is 19.3 Å². The Morgan fingerprint density at radius 1 is 1.02 bits per heavy atom. The van der Waals surface area contributed by atoms with Gasteiger partial charge >= 0.3 is 22.4 Å². The zero-order chi connectivity index (χ0) is 38.0. The quantitative estimate of drug-likeness (QED) is 0.375. The Kier molecular flexibility index (Phi) is 11.4. The van der Waals surface area contributed by atoms with Gasteiger partial charge in [0.1, 0.15) is 29.3 Å². The molecule has 17 heteroatoms. The molecule has 6 rings (SSSR count). The van der Waals surface area contributed by atoms with Crippen molar-refractivity contribution >= 4 is 40.1 Å². The van der Waals surface area contributed by atoms with E-state index in [1.165, 1.54) is 4.90 Å². The summed E-state index contributed by atoms with van der Waals surface area (Å²) in [5, 5.41) is 5.51. The van der Waals surface area contributed by atoms with Gasteiger partial charge in [-0.25, -0.2) is 14.3 Å². The molecule has 3 N–H and O–H groups in total. The molecule has 290 valence electrons. The fraction of sp³-hybridized carbons (Fsp3) is 0.639. The lowest BCUT2D eigenvalue weighted by Gasteiger charge is -2.31. The molecule has 5 amide bonds. The molecule has 1 aromatic carbocycles. The Balaban J connectivity index is 1.25. The second-order valence-corrected chi connectivity index (χ2v) is 17.0. The highest BCUT2D eigenvalue weighted by atomic mass is 32.2. The largest absolute Gasteiger partial charge is 0.444 e. The van der Waals surface area contributed by atoms with Crippen molar-refractivity contribution in [2.24, 2.45) is 5.92 Å². The molecule has 1 saturated carbocycles.